The summed E-state index contributed by atoms with van der Waals surface area (Å²) in [5.74, 6) is 1.35. The molecule has 1 saturated carbocycles. The molecule has 1 aliphatic carbocycles. The first-order valence-electron chi connectivity index (χ1n) is 7.46. The summed E-state index contributed by atoms with van der Waals surface area (Å²) in [6, 6.07) is 0.559. The average molecular weight is 239 g/mol. The van der Waals surface area contributed by atoms with E-state index in [1.807, 2.05) is 0 Å². The molecule has 1 saturated heterocycles. The maximum Gasteiger partial charge on any atom is 0.0634 e. The second kappa shape index (κ2) is 5.27. The molecule has 2 heteroatoms. The molecule has 0 radical (unpaired) electrons. The molecule has 4 unspecified atom stereocenters. The molecule has 1 heterocycles. The number of hydrogen-bond donors (Lipinski definition) is 2. The maximum atomic E-state index is 10.6. The van der Waals surface area contributed by atoms with Crippen molar-refractivity contribution in [2.45, 2.75) is 71.4 Å². The predicted molar refractivity (Wildman–Crippen MR) is 71.9 cm³/mol. The van der Waals surface area contributed by atoms with Gasteiger partial charge in [-0.15, -0.1) is 0 Å². The van der Waals surface area contributed by atoms with E-state index in [0.29, 0.717) is 12.0 Å². The lowest BCUT2D eigenvalue weighted by atomic mass is 9.66. The first-order valence-corrected chi connectivity index (χ1v) is 7.46. The van der Waals surface area contributed by atoms with Gasteiger partial charge in [0.1, 0.15) is 0 Å². The summed E-state index contributed by atoms with van der Waals surface area (Å²) in [4.78, 5) is 0. The second-order valence-electron chi connectivity index (χ2n) is 6.85. The summed E-state index contributed by atoms with van der Waals surface area (Å²) in [7, 11) is 0. The summed E-state index contributed by atoms with van der Waals surface area (Å²) >= 11 is 0. The number of hydrogen-bond acceptors (Lipinski definition) is 2. The van der Waals surface area contributed by atoms with Crippen molar-refractivity contribution in [3.63, 3.8) is 0 Å². The molecule has 100 valence electrons. The van der Waals surface area contributed by atoms with Gasteiger partial charge in [-0.25, -0.2) is 0 Å². The lowest BCUT2D eigenvalue weighted by Gasteiger charge is -2.46. The van der Waals surface area contributed by atoms with Crippen LogP contribution in [0.2, 0.25) is 0 Å². The molecule has 0 aromatic rings. The summed E-state index contributed by atoms with van der Waals surface area (Å²) in [6.07, 6.45) is 7.43. The lowest BCUT2D eigenvalue weighted by molar-refractivity contribution is -0.0507. The van der Waals surface area contributed by atoms with Crippen molar-refractivity contribution in [1.29, 1.82) is 0 Å². The van der Waals surface area contributed by atoms with Gasteiger partial charge in [0, 0.05) is 12.0 Å². The molecule has 4 atom stereocenters. The standard InChI is InChI=1S/C15H29NO/c1-4-11-7-9-16-13(10-11)12-6-5-8-15(2,3)14(12)17/h11-14,16-17H,4-10H2,1-3H3. The van der Waals surface area contributed by atoms with Crippen LogP contribution >= 0.6 is 0 Å². The molecule has 0 aromatic heterocycles. The Morgan fingerprint density at radius 1 is 1.29 bits per heavy atom. The summed E-state index contributed by atoms with van der Waals surface area (Å²) in [5.41, 5.74) is 0.115. The first kappa shape index (κ1) is 13.4. The van der Waals surface area contributed by atoms with Crippen molar-refractivity contribution in [3.05, 3.63) is 0 Å². The maximum absolute atomic E-state index is 10.6. The zero-order chi connectivity index (χ0) is 12.5. The molecule has 2 rings (SSSR count). The number of piperidine rings is 1. The highest BCUT2D eigenvalue weighted by molar-refractivity contribution is 4.95. The van der Waals surface area contributed by atoms with E-state index in [0.717, 1.165) is 12.5 Å². The van der Waals surface area contributed by atoms with Crippen LogP contribution in [-0.2, 0) is 0 Å². The molecule has 1 aliphatic heterocycles. The predicted octanol–water partition coefficient (Wildman–Crippen LogP) is 2.95. The lowest BCUT2D eigenvalue weighted by Crippen LogP contribution is -2.52. The van der Waals surface area contributed by atoms with Crippen LogP contribution < -0.4 is 5.32 Å². The van der Waals surface area contributed by atoms with Crippen molar-refractivity contribution >= 4 is 0 Å². The Morgan fingerprint density at radius 3 is 2.76 bits per heavy atom. The van der Waals surface area contributed by atoms with Crippen molar-refractivity contribution in [1.82, 2.24) is 5.32 Å². The monoisotopic (exact) mass is 239 g/mol. The fourth-order valence-corrected chi connectivity index (χ4v) is 3.83. The molecule has 0 spiro atoms. The van der Waals surface area contributed by atoms with Crippen LogP contribution in [0.25, 0.3) is 0 Å². The van der Waals surface area contributed by atoms with Gasteiger partial charge < -0.3 is 10.4 Å². The fraction of sp³-hybridized carbons (Fsp3) is 1.00. The van der Waals surface area contributed by atoms with E-state index in [2.05, 4.69) is 26.1 Å². The van der Waals surface area contributed by atoms with E-state index in [1.54, 1.807) is 0 Å². The molecule has 2 fully saturated rings. The quantitative estimate of drug-likeness (QED) is 0.776. The van der Waals surface area contributed by atoms with Gasteiger partial charge in [-0.05, 0) is 43.6 Å². The van der Waals surface area contributed by atoms with Crippen LogP contribution in [0.5, 0.6) is 0 Å². The van der Waals surface area contributed by atoms with Crippen LogP contribution in [0, 0.1) is 17.3 Å². The highest BCUT2D eigenvalue weighted by Crippen LogP contribution is 2.42. The number of rotatable bonds is 2. The summed E-state index contributed by atoms with van der Waals surface area (Å²) in [6.45, 7) is 7.90. The Balaban J connectivity index is 2.00. The van der Waals surface area contributed by atoms with Crippen molar-refractivity contribution < 1.29 is 5.11 Å². The third kappa shape index (κ3) is 2.85. The van der Waals surface area contributed by atoms with E-state index in [1.165, 1.54) is 38.5 Å². The molecule has 2 aliphatic rings. The average Bonchev–Trinajstić information content (AvgIpc) is 2.33. The van der Waals surface area contributed by atoms with Gasteiger partial charge in [-0.2, -0.15) is 0 Å². The Bertz CT molecular complexity index is 251. The van der Waals surface area contributed by atoms with E-state index >= 15 is 0 Å². The minimum Gasteiger partial charge on any atom is -0.392 e. The van der Waals surface area contributed by atoms with Crippen LogP contribution in [0.3, 0.4) is 0 Å². The number of aliphatic hydroxyl groups is 1. The largest absolute Gasteiger partial charge is 0.392 e. The van der Waals surface area contributed by atoms with E-state index in [9.17, 15) is 5.11 Å². The van der Waals surface area contributed by atoms with Gasteiger partial charge in [0.15, 0.2) is 0 Å². The highest BCUT2D eigenvalue weighted by atomic mass is 16.3. The van der Waals surface area contributed by atoms with Crippen LogP contribution in [-0.4, -0.2) is 23.8 Å². The third-order valence-corrected chi connectivity index (χ3v) is 5.21. The van der Waals surface area contributed by atoms with E-state index in [-0.39, 0.29) is 11.5 Å². The van der Waals surface area contributed by atoms with Gasteiger partial charge in [0.05, 0.1) is 6.10 Å². The molecular formula is C15H29NO. The molecule has 2 nitrogen and oxygen atoms in total. The Kier molecular flexibility index (Phi) is 4.14. The molecular weight excluding hydrogens is 210 g/mol. The molecule has 2 N–H and O–H groups in total. The third-order valence-electron chi connectivity index (χ3n) is 5.21. The van der Waals surface area contributed by atoms with Gasteiger partial charge in [-0.1, -0.05) is 33.6 Å². The minimum atomic E-state index is -0.121. The Hall–Kier alpha value is -0.0800. The smallest absolute Gasteiger partial charge is 0.0634 e. The van der Waals surface area contributed by atoms with E-state index < -0.39 is 0 Å². The molecule has 0 aromatic carbocycles. The molecule has 0 amide bonds. The number of nitrogens with one attached hydrogen (secondary N) is 1. The zero-order valence-corrected chi connectivity index (χ0v) is 11.7. The van der Waals surface area contributed by atoms with Gasteiger partial charge in [0.2, 0.25) is 0 Å². The zero-order valence-electron chi connectivity index (χ0n) is 11.7. The van der Waals surface area contributed by atoms with Crippen molar-refractivity contribution in [3.8, 4) is 0 Å². The first-order chi connectivity index (χ1) is 8.04. The van der Waals surface area contributed by atoms with Crippen LogP contribution in [0.15, 0.2) is 0 Å². The molecule has 0 bridgehead atoms. The Morgan fingerprint density at radius 2 is 2.06 bits per heavy atom. The summed E-state index contributed by atoms with van der Waals surface area (Å²) in [5, 5.41) is 14.2. The minimum absolute atomic E-state index is 0.115. The SMILES string of the molecule is CCC1CCNC(C2CCCC(C)(C)C2O)C1. The van der Waals surface area contributed by atoms with Crippen LogP contribution in [0.4, 0.5) is 0 Å². The van der Waals surface area contributed by atoms with E-state index in [4.69, 9.17) is 0 Å². The van der Waals surface area contributed by atoms with Crippen LogP contribution in [0.1, 0.15) is 59.3 Å². The van der Waals surface area contributed by atoms with Gasteiger partial charge in [-0.3, -0.25) is 0 Å². The highest BCUT2D eigenvalue weighted by Gasteiger charge is 2.42. The van der Waals surface area contributed by atoms with Gasteiger partial charge in [0.25, 0.3) is 0 Å². The molecule has 17 heavy (non-hydrogen) atoms. The Labute approximate surface area is 106 Å². The fourth-order valence-electron chi connectivity index (χ4n) is 3.83. The summed E-state index contributed by atoms with van der Waals surface area (Å²) < 4.78 is 0. The van der Waals surface area contributed by atoms with Crippen molar-refractivity contribution in [2.24, 2.45) is 17.3 Å². The topological polar surface area (TPSA) is 32.3 Å². The normalized spacial score (nSPS) is 42.4. The second-order valence-corrected chi connectivity index (χ2v) is 6.85. The van der Waals surface area contributed by atoms with Gasteiger partial charge >= 0.3 is 0 Å². The number of aliphatic hydroxyl groups excluding tert-OH is 1. The van der Waals surface area contributed by atoms with Crippen molar-refractivity contribution in [2.75, 3.05) is 6.54 Å².